The summed E-state index contributed by atoms with van der Waals surface area (Å²) >= 11 is 6.13. The van der Waals surface area contributed by atoms with Gasteiger partial charge in [-0.25, -0.2) is 4.39 Å². The summed E-state index contributed by atoms with van der Waals surface area (Å²) < 4.78 is 13.3. The molecular weight excluding hydrogens is 367 g/mol. The van der Waals surface area contributed by atoms with Gasteiger partial charge in [-0.1, -0.05) is 48.0 Å². The van der Waals surface area contributed by atoms with Crippen LogP contribution >= 0.6 is 11.6 Å². The van der Waals surface area contributed by atoms with Gasteiger partial charge in [0.1, 0.15) is 17.2 Å². The molecule has 0 saturated heterocycles. The summed E-state index contributed by atoms with van der Waals surface area (Å²) in [6, 6.07) is 14.2. The van der Waals surface area contributed by atoms with Crippen molar-refractivity contribution in [3.05, 3.63) is 70.6 Å². The maximum atomic E-state index is 13.3. The molecule has 1 heterocycles. The lowest BCUT2D eigenvalue weighted by molar-refractivity contribution is 0.283. The van der Waals surface area contributed by atoms with E-state index in [-0.39, 0.29) is 12.4 Å². The molecule has 3 rings (SSSR count). The lowest BCUT2D eigenvalue weighted by Crippen LogP contribution is -2.16. The van der Waals surface area contributed by atoms with Crippen LogP contribution in [0.1, 0.15) is 24.1 Å². The normalized spacial score (nSPS) is 11.1. The van der Waals surface area contributed by atoms with E-state index < -0.39 is 0 Å². The molecule has 0 aliphatic rings. The van der Waals surface area contributed by atoms with Gasteiger partial charge in [0.05, 0.1) is 6.54 Å². The molecule has 0 radical (unpaired) electrons. The minimum atomic E-state index is -0.366. The second-order valence-corrected chi connectivity index (χ2v) is 6.64. The van der Waals surface area contributed by atoms with Crippen molar-refractivity contribution in [3.8, 4) is 11.3 Å². The van der Waals surface area contributed by atoms with E-state index in [9.17, 15) is 4.39 Å². The van der Waals surface area contributed by atoms with Gasteiger partial charge in [0.15, 0.2) is 0 Å². The van der Waals surface area contributed by atoms with Crippen molar-refractivity contribution in [2.75, 3.05) is 13.2 Å². The molecule has 7 heteroatoms. The molecule has 0 aliphatic carbocycles. The summed E-state index contributed by atoms with van der Waals surface area (Å²) in [6.07, 6.45) is 1.67. The standard InChI is InChI=1S/C20H22ClFN4O/c21-18-12-17(22)9-8-16(18)14-26-24-19(13-23-10-4-5-11-27)20(25-26)15-6-2-1-3-7-15/h1-3,6-9,12,23,27H,4-5,10-11,13-14H2. The summed E-state index contributed by atoms with van der Waals surface area (Å²) in [5, 5.41) is 21.8. The number of nitrogens with one attached hydrogen (secondary N) is 1. The van der Waals surface area contributed by atoms with Gasteiger partial charge in [0.25, 0.3) is 0 Å². The first-order valence-electron chi connectivity index (χ1n) is 8.92. The third kappa shape index (κ3) is 5.35. The zero-order chi connectivity index (χ0) is 19.1. The third-order valence-corrected chi connectivity index (χ3v) is 4.50. The van der Waals surface area contributed by atoms with Crippen molar-refractivity contribution < 1.29 is 9.50 Å². The molecule has 0 aliphatic heterocycles. The lowest BCUT2D eigenvalue weighted by atomic mass is 10.1. The molecule has 0 fully saturated rings. The van der Waals surface area contributed by atoms with E-state index in [2.05, 4.69) is 15.5 Å². The van der Waals surface area contributed by atoms with Crippen LogP contribution in [0.4, 0.5) is 4.39 Å². The number of benzene rings is 2. The van der Waals surface area contributed by atoms with E-state index in [4.69, 9.17) is 16.7 Å². The molecule has 0 spiro atoms. The molecule has 1 aromatic heterocycles. The van der Waals surface area contributed by atoms with Gasteiger partial charge in [-0.05, 0) is 37.1 Å². The molecule has 0 bridgehead atoms. The van der Waals surface area contributed by atoms with Crippen LogP contribution in [-0.2, 0) is 13.1 Å². The quantitative estimate of drug-likeness (QED) is 0.549. The Bertz CT molecular complexity index is 870. The summed E-state index contributed by atoms with van der Waals surface area (Å²) in [5.41, 5.74) is 3.39. The van der Waals surface area contributed by atoms with Crippen molar-refractivity contribution in [2.45, 2.75) is 25.9 Å². The Hall–Kier alpha value is -2.28. The van der Waals surface area contributed by atoms with Crippen molar-refractivity contribution in [1.29, 1.82) is 0 Å². The van der Waals surface area contributed by atoms with Gasteiger partial charge in [-0.3, -0.25) is 0 Å². The van der Waals surface area contributed by atoms with Crippen LogP contribution in [0.25, 0.3) is 11.3 Å². The van der Waals surface area contributed by atoms with E-state index in [1.807, 2.05) is 30.3 Å². The monoisotopic (exact) mass is 388 g/mol. The maximum Gasteiger partial charge on any atom is 0.124 e. The average molecular weight is 389 g/mol. The van der Waals surface area contributed by atoms with E-state index >= 15 is 0 Å². The third-order valence-electron chi connectivity index (χ3n) is 4.15. The highest BCUT2D eigenvalue weighted by molar-refractivity contribution is 6.31. The first-order valence-corrected chi connectivity index (χ1v) is 9.30. The second kappa shape index (κ2) is 9.60. The highest BCUT2D eigenvalue weighted by atomic mass is 35.5. The lowest BCUT2D eigenvalue weighted by Gasteiger charge is -2.04. The fourth-order valence-electron chi connectivity index (χ4n) is 2.76. The van der Waals surface area contributed by atoms with Gasteiger partial charge < -0.3 is 10.4 Å². The first kappa shape index (κ1) is 19.5. The molecule has 5 nitrogen and oxygen atoms in total. The van der Waals surface area contributed by atoms with Gasteiger partial charge in [0, 0.05) is 23.7 Å². The molecule has 2 N–H and O–H groups in total. The molecule has 142 valence electrons. The smallest absolute Gasteiger partial charge is 0.124 e. The topological polar surface area (TPSA) is 63.0 Å². The molecule has 3 aromatic rings. The Balaban J connectivity index is 1.80. The predicted molar refractivity (Wildman–Crippen MR) is 104 cm³/mol. The van der Waals surface area contributed by atoms with Gasteiger partial charge in [-0.2, -0.15) is 15.0 Å². The van der Waals surface area contributed by atoms with Crippen LogP contribution < -0.4 is 5.32 Å². The number of hydrogen-bond acceptors (Lipinski definition) is 4. The number of aromatic nitrogens is 3. The molecule has 27 heavy (non-hydrogen) atoms. The molecular formula is C20H22ClFN4O. The Kier molecular flexibility index (Phi) is 6.92. The van der Waals surface area contributed by atoms with E-state index in [0.29, 0.717) is 18.1 Å². The van der Waals surface area contributed by atoms with Crippen LogP contribution in [0.5, 0.6) is 0 Å². The Labute approximate surface area is 162 Å². The first-order chi connectivity index (χ1) is 13.2. The largest absolute Gasteiger partial charge is 0.396 e. The zero-order valence-corrected chi connectivity index (χ0v) is 15.7. The highest BCUT2D eigenvalue weighted by Crippen LogP contribution is 2.22. The minimum absolute atomic E-state index is 0.200. The number of halogens is 2. The molecule has 2 aromatic carbocycles. The summed E-state index contributed by atoms with van der Waals surface area (Å²) in [5.74, 6) is -0.366. The average Bonchev–Trinajstić information content (AvgIpc) is 3.07. The van der Waals surface area contributed by atoms with Gasteiger partial charge in [0.2, 0.25) is 0 Å². The Morgan fingerprint density at radius 3 is 2.63 bits per heavy atom. The van der Waals surface area contributed by atoms with Crippen LogP contribution in [0.2, 0.25) is 5.02 Å². The number of nitrogens with zero attached hydrogens (tertiary/aromatic N) is 3. The molecule has 0 saturated carbocycles. The number of rotatable bonds is 9. The van der Waals surface area contributed by atoms with Crippen molar-refractivity contribution in [2.24, 2.45) is 0 Å². The molecule has 0 unspecified atom stereocenters. The summed E-state index contributed by atoms with van der Waals surface area (Å²) in [6.45, 7) is 1.94. The van der Waals surface area contributed by atoms with Crippen LogP contribution in [0.3, 0.4) is 0 Å². The maximum absolute atomic E-state index is 13.3. The Morgan fingerprint density at radius 1 is 1.07 bits per heavy atom. The van der Waals surface area contributed by atoms with E-state index in [0.717, 1.165) is 41.9 Å². The number of aliphatic hydroxyl groups is 1. The SMILES string of the molecule is OCCCCNCc1nn(Cc2ccc(F)cc2Cl)nc1-c1ccccc1. The van der Waals surface area contributed by atoms with Gasteiger partial charge >= 0.3 is 0 Å². The van der Waals surface area contributed by atoms with E-state index in [1.54, 1.807) is 10.9 Å². The van der Waals surface area contributed by atoms with Crippen LogP contribution in [0.15, 0.2) is 48.5 Å². The van der Waals surface area contributed by atoms with Crippen molar-refractivity contribution >= 4 is 11.6 Å². The number of aliphatic hydroxyl groups excluding tert-OH is 1. The van der Waals surface area contributed by atoms with Gasteiger partial charge in [-0.15, -0.1) is 0 Å². The van der Waals surface area contributed by atoms with Crippen molar-refractivity contribution in [1.82, 2.24) is 20.3 Å². The zero-order valence-electron chi connectivity index (χ0n) is 14.9. The minimum Gasteiger partial charge on any atom is -0.396 e. The second-order valence-electron chi connectivity index (χ2n) is 6.23. The van der Waals surface area contributed by atoms with Crippen LogP contribution in [0, 0.1) is 5.82 Å². The number of hydrogen-bond donors (Lipinski definition) is 2. The molecule has 0 atom stereocenters. The predicted octanol–water partition coefficient (Wildman–Crippen LogP) is 3.65. The van der Waals surface area contributed by atoms with E-state index in [1.165, 1.54) is 12.1 Å². The fraction of sp³-hybridized carbons (Fsp3) is 0.300. The summed E-state index contributed by atoms with van der Waals surface area (Å²) in [4.78, 5) is 1.59. The highest BCUT2D eigenvalue weighted by Gasteiger charge is 2.14. The Morgan fingerprint density at radius 2 is 1.89 bits per heavy atom. The summed E-state index contributed by atoms with van der Waals surface area (Å²) in [7, 11) is 0. The molecule has 0 amide bonds. The number of unbranched alkanes of at least 4 members (excludes halogenated alkanes) is 1. The fourth-order valence-corrected chi connectivity index (χ4v) is 2.99. The van der Waals surface area contributed by atoms with Crippen LogP contribution in [-0.4, -0.2) is 33.3 Å². The van der Waals surface area contributed by atoms with Crippen molar-refractivity contribution in [3.63, 3.8) is 0 Å².